The number of ether oxygens (including phenoxy) is 1. The summed E-state index contributed by atoms with van der Waals surface area (Å²) in [5.74, 6) is 0.560. The molecule has 1 aromatic carbocycles. The highest BCUT2D eigenvalue weighted by Gasteiger charge is 2.29. The molecule has 9 nitrogen and oxygen atoms in total. The van der Waals surface area contributed by atoms with Crippen LogP contribution in [0, 0.1) is 6.92 Å². The lowest BCUT2D eigenvalue weighted by Crippen LogP contribution is -2.50. The van der Waals surface area contributed by atoms with Crippen molar-refractivity contribution in [2.75, 3.05) is 33.8 Å². The Morgan fingerprint density at radius 2 is 1.87 bits per heavy atom. The SMILES string of the molecule is COc1ccc(-n2nc(C(=O)N3CCN(C)C(=O)C3)nc2-c2ccc(C)cc2)cn1. The molecule has 0 atom stereocenters. The van der Waals surface area contributed by atoms with Gasteiger partial charge in [-0.1, -0.05) is 29.8 Å². The fraction of sp³-hybridized carbons (Fsp3) is 0.286. The Morgan fingerprint density at radius 3 is 2.50 bits per heavy atom. The average molecular weight is 406 g/mol. The zero-order valence-electron chi connectivity index (χ0n) is 17.1. The molecule has 154 valence electrons. The van der Waals surface area contributed by atoms with Crippen LogP contribution in [0.2, 0.25) is 0 Å². The van der Waals surface area contributed by atoms with Crippen LogP contribution in [0.15, 0.2) is 42.6 Å². The van der Waals surface area contributed by atoms with E-state index in [-0.39, 0.29) is 24.2 Å². The molecular weight excluding hydrogens is 384 g/mol. The first-order valence-electron chi connectivity index (χ1n) is 9.54. The fourth-order valence-electron chi connectivity index (χ4n) is 3.16. The monoisotopic (exact) mass is 406 g/mol. The van der Waals surface area contributed by atoms with Gasteiger partial charge in [0.2, 0.25) is 17.6 Å². The number of hydrogen-bond donors (Lipinski definition) is 0. The predicted molar refractivity (Wildman–Crippen MR) is 109 cm³/mol. The van der Waals surface area contributed by atoms with Crippen molar-refractivity contribution in [1.82, 2.24) is 29.5 Å². The van der Waals surface area contributed by atoms with Crippen LogP contribution in [-0.4, -0.2) is 75.2 Å². The number of carbonyl (C=O) groups is 2. The van der Waals surface area contributed by atoms with Crippen LogP contribution in [0.1, 0.15) is 16.2 Å². The number of likely N-dealkylation sites (N-methyl/N-ethyl adjacent to an activating group) is 1. The Kier molecular flexibility index (Phi) is 5.18. The quantitative estimate of drug-likeness (QED) is 0.653. The third kappa shape index (κ3) is 3.73. The highest BCUT2D eigenvalue weighted by atomic mass is 16.5. The first-order valence-corrected chi connectivity index (χ1v) is 9.54. The van der Waals surface area contributed by atoms with E-state index in [2.05, 4.69) is 15.1 Å². The van der Waals surface area contributed by atoms with E-state index in [0.29, 0.717) is 30.5 Å². The normalized spacial score (nSPS) is 14.2. The number of amides is 2. The second kappa shape index (κ2) is 7.94. The highest BCUT2D eigenvalue weighted by Crippen LogP contribution is 2.23. The second-order valence-corrected chi connectivity index (χ2v) is 7.14. The molecule has 1 aliphatic rings. The minimum atomic E-state index is -0.370. The Hall–Kier alpha value is -3.75. The Balaban J connectivity index is 1.74. The third-order valence-corrected chi connectivity index (χ3v) is 5.03. The summed E-state index contributed by atoms with van der Waals surface area (Å²) in [5, 5.41) is 4.46. The van der Waals surface area contributed by atoms with Crippen LogP contribution in [-0.2, 0) is 4.79 Å². The molecule has 1 aliphatic heterocycles. The number of hydrogen-bond acceptors (Lipinski definition) is 6. The average Bonchev–Trinajstić information content (AvgIpc) is 3.21. The van der Waals surface area contributed by atoms with Crippen LogP contribution in [0.3, 0.4) is 0 Å². The number of benzene rings is 1. The molecule has 0 saturated carbocycles. The van der Waals surface area contributed by atoms with Crippen molar-refractivity contribution in [2.24, 2.45) is 0 Å². The molecule has 0 aliphatic carbocycles. The van der Waals surface area contributed by atoms with Gasteiger partial charge in [0.1, 0.15) is 6.54 Å². The molecule has 4 rings (SSSR count). The largest absolute Gasteiger partial charge is 0.481 e. The van der Waals surface area contributed by atoms with Gasteiger partial charge in [-0.05, 0) is 13.0 Å². The molecule has 2 amide bonds. The van der Waals surface area contributed by atoms with Gasteiger partial charge in [0, 0.05) is 31.8 Å². The van der Waals surface area contributed by atoms with Gasteiger partial charge < -0.3 is 14.5 Å². The summed E-state index contributed by atoms with van der Waals surface area (Å²) in [6.07, 6.45) is 1.61. The van der Waals surface area contributed by atoms with Crippen molar-refractivity contribution in [1.29, 1.82) is 0 Å². The molecule has 2 aromatic heterocycles. The summed E-state index contributed by atoms with van der Waals surface area (Å²) in [4.78, 5) is 36.9. The van der Waals surface area contributed by atoms with Crippen LogP contribution in [0.25, 0.3) is 17.1 Å². The standard InChI is InChI=1S/C21H22N6O3/c1-14-4-6-15(7-5-14)20-23-19(21(29)26-11-10-25(2)18(28)13-26)24-27(20)16-8-9-17(30-3)22-12-16/h4-9,12H,10-11,13H2,1-3H3. The fourth-order valence-corrected chi connectivity index (χ4v) is 3.16. The maximum atomic E-state index is 13.0. The van der Waals surface area contributed by atoms with Crippen molar-refractivity contribution in [3.8, 4) is 23.0 Å². The smallest absolute Gasteiger partial charge is 0.294 e. The van der Waals surface area contributed by atoms with E-state index in [1.807, 2.05) is 31.2 Å². The Bertz CT molecular complexity index is 1080. The maximum Gasteiger partial charge on any atom is 0.294 e. The van der Waals surface area contributed by atoms with E-state index < -0.39 is 0 Å². The molecule has 0 bridgehead atoms. The predicted octanol–water partition coefficient (Wildman–Crippen LogP) is 1.56. The zero-order chi connectivity index (χ0) is 21.3. The molecule has 3 aromatic rings. The molecular formula is C21H22N6O3. The number of aromatic nitrogens is 4. The third-order valence-electron chi connectivity index (χ3n) is 5.03. The zero-order valence-corrected chi connectivity index (χ0v) is 17.1. The van der Waals surface area contributed by atoms with E-state index >= 15 is 0 Å². The van der Waals surface area contributed by atoms with Crippen molar-refractivity contribution in [3.63, 3.8) is 0 Å². The van der Waals surface area contributed by atoms with Gasteiger partial charge in [0.05, 0.1) is 19.0 Å². The van der Waals surface area contributed by atoms with E-state index in [1.165, 1.54) is 4.90 Å². The summed E-state index contributed by atoms with van der Waals surface area (Å²) >= 11 is 0. The highest BCUT2D eigenvalue weighted by molar-refractivity contribution is 5.94. The number of rotatable bonds is 4. The van der Waals surface area contributed by atoms with Crippen molar-refractivity contribution in [2.45, 2.75) is 6.92 Å². The van der Waals surface area contributed by atoms with Crippen molar-refractivity contribution in [3.05, 3.63) is 54.0 Å². The van der Waals surface area contributed by atoms with E-state index in [9.17, 15) is 9.59 Å². The lowest BCUT2D eigenvalue weighted by molar-refractivity contribution is -0.133. The number of carbonyl (C=O) groups excluding carboxylic acids is 2. The first kappa shape index (κ1) is 19.6. The molecule has 1 fully saturated rings. The summed E-state index contributed by atoms with van der Waals surface area (Å²) in [5.41, 5.74) is 2.58. The molecule has 0 radical (unpaired) electrons. The summed E-state index contributed by atoms with van der Waals surface area (Å²) < 4.78 is 6.71. The van der Waals surface area contributed by atoms with Gasteiger partial charge in [-0.3, -0.25) is 9.59 Å². The number of nitrogens with zero attached hydrogens (tertiary/aromatic N) is 6. The lowest BCUT2D eigenvalue weighted by atomic mass is 10.1. The topological polar surface area (TPSA) is 93.5 Å². The second-order valence-electron chi connectivity index (χ2n) is 7.14. The molecule has 0 spiro atoms. The van der Waals surface area contributed by atoms with E-state index in [0.717, 1.165) is 11.1 Å². The van der Waals surface area contributed by atoms with E-state index in [1.54, 1.807) is 42.1 Å². The summed E-state index contributed by atoms with van der Waals surface area (Å²) in [7, 11) is 3.27. The summed E-state index contributed by atoms with van der Waals surface area (Å²) in [6, 6.07) is 11.3. The minimum Gasteiger partial charge on any atom is -0.481 e. The van der Waals surface area contributed by atoms with Crippen molar-refractivity contribution < 1.29 is 14.3 Å². The maximum absolute atomic E-state index is 13.0. The van der Waals surface area contributed by atoms with E-state index in [4.69, 9.17) is 4.74 Å². The van der Waals surface area contributed by atoms with Gasteiger partial charge in [-0.25, -0.2) is 14.6 Å². The van der Waals surface area contributed by atoms with Crippen LogP contribution >= 0.6 is 0 Å². The number of piperazine rings is 1. The van der Waals surface area contributed by atoms with Gasteiger partial charge in [-0.2, -0.15) is 0 Å². The Morgan fingerprint density at radius 1 is 1.10 bits per heavy atom. The lowest BCUT2D eigenvalue weighted by Gasteiger charge is -2.31. The van der Waals surface area contributed by atoms with Crippen molar-refractivity contribution >= 4 is 11.8 Å². The minimum absolute atomic E-state index is 0.0217. The van der Waals surface area contributed by atoms with Gasteiger partial charge in [-0.15, -0.1) is 5.10 Å². The van der Waals surface area contributed by atoms with Gasteiger partial charge in [0.25, 0.3) is 5.91 Å². The molecule has 1 saturated heterocycles. The van der Waals surface area contributed by atoms with Gasteiger partial charge in [0.15, 0.2) is 5.82 Å². The number of methoxy groups -OCH3 is 1. The molecule has 9 heteroatoms. The molecule has 30 heavy (non-hydrogen) atoms. The molecule has 0 unspecified atom stereocenters. The molecule has 3 heterocycles. The number of pyridine rings is 1. The van der Waals surface area contributed by atoms with Gasteiger partial charge >= 0.3 is 0 Å². The van der Waals surface area contributed by atoms with Crippen LogP contribution in [0.4, 0.5) is 0 Å². The molecule has 0 N–H and O–H groups in total. The Labute approximate surface area is 173 Å². The van der Waals surface area contributed by atoms with Crippen LogP contribution in [0.5, 0.6) is 5.88 Å². The number of aryl methyl sites for hydroxylation is 1. The van der Waals surface area contributed by atoms with Crippen LogP contribution < -0.4 is 4.74 Å². The first-order chi connectivity index (χ1) is 14.5. The summed E-state index contributed by atoms with van der Waals surface area (Å²) in [6.45, 7) is 2.95.